The van der Waals surface area contributed by atoms with Gasteiger partial charge in [0.15, 0.2) is 0 Å². The van der Waals surface area contributed by atoms with Gasteiger partial charge in [-0.2, -0.15) is 5.10 Å². The average Bonchev–Trinajstić information content (AvgIpc) is 2.83. The fraction of sp³-hybridized carbons (Fsp3) is 0.167. The van der Waals surface area contributed by atoms with Gasteiger partial charge in [-0.15, -0.1) is 0 Å². The third-order valence-electron chi connectivity index (χ3n) is 2.81. The highest BCUT2D eigenvalue weighted by atomic mass is 16.3. The largest absolute Gasteiger partial charge is 0.383 e. The van der Waals surface area contributed by atoms with E-state index in [4.69, 9.17) is 0 Å². The van der Waals surface area contributed by atoms with Gasteiger partial charge >= 0.3 is 0 Å². The maximum Gasteiger partial charge on any atom is 0.211 e. The van der Waals surface area contributed by atoms with Crippen LogP contribution in [0, 0.1) is 0 Å². The molecule has 0 saturated carbocycles. The molecule has 80 valence electrons. The summed E-state index contributed by atoms with van der Waals surface area (Å²) in [6.07, 6.45) is 0.736. The van der Waals surface area contributed by atoms with E-state index in [1.807, 2.05) is 30.3 Å². The number of carbonyl (C=O) groups is 1. The first-order valence-electron chi connectivity index (χ1n) is 5.11. The normalized spacial score (nSPS) is 18.8. The summed E-state index contributed by atoms with van der Waals surface area (Å²) in [5, 5.41) is 13.6. The van der Waals surface area contributed by atoms with E-state index in [9.17, 15) is 9.90 Å². The van der Waals surface area contributed by atoms with Crippen molar-refractivity contribution < 1.29 is 9.90 Å². The molecule has 0 radical (unpaired) electrons. The molecule has 0 spiro atoms. The number of benzene rings is 1. The zero-order valence-electron chi connectivity index (χ0n) is 8.50. The first-order chi connectivity index (χ1) is 7.77. The van der Waals surface area contributed by atoms with Crippen molar-refractivity contribution in [1.29, 1.82) is 0 Å². The van der Waals surface area contributed by atoms with Crippen molar-refractivity contribution in [2.75, 3.05) is 0 Å². The van der Waals surface area contributed by atoms with E-state index in [2.05, 4.69) is 5.10 Å². The van der Waals surface area contributed by atoms with E-state index >= 15 is 0 Å². The highest BCUT2D eigenvalue weighted by Crippen LogP contribution is 2.27. The third-order valence-corrected chi connectivity index (χ3v) is 2.81. The van der Waals surface area contributed by atoms with Gasteiger partial charge in [0.25, 0.3) is 0 Å². The lowest BCUT2D eigenvalue weighted by molar-refractivity contribution is 0.0770. The second kappa shape index (κ2) is 3.28. The predicted octanol–water partition coefficient (Wildman–Crippen LogP) is 1.11. The van der Waals surface area contributed by atoms with E-state index < -0.39 is 6.10 Å². The van der Waals surface area contributed by atoms with Gasteiger partial charge in [-0.05, 0) is 5.56 Å². The second-order valence-electron chi connectivity index (χ2n) is 3.84. The van der Waals surface area contributed by atoms with Gasteiger partial charge in [0.2, 0.25) is 5.78 Å². The van der Waals surface area contributed by atoms with Crippen LogP contribution in [-0.2, 0) is 6.54 Å². The first kappa shape index (κ1) is 9.30. The standard InChI is InChI=1S/C12H10N2O2/c15-10-7-14-11(12(10)16)9(6-13-14)8-4-2-1-3-5-8/h1-6,10,15H,7H2. The molecule has 4 nitrogen and oxygen atoms in total. The smallest absolute Gasteiger partial charge is 0.211 e. The fourth-order valence-corrected chi connectivity index (χ4v) is 2.02. The minimum atomic E-state index is -0.939. The van der Waals surface area contributed by atoms with Crippen molar-refractivity contribution in [3.05, 3.63) is 42.2 Å². The van der Waals surface area contributed by atoms with Crippen LogP contribution in [0.4, 0.5) is 0 Å². The van der Waals surface area contributed by atoms with Gasteiger partial charge in [-0.25, -0.2) is 0 Å². The number of ketones is 1. The molecule has 0 amide bonds. The molecule has 0 bridgehead atoms. The van der Waals surface area contributed by atoms with Gasteiger partial charge in [-0.1, -0.05) is 30.3 Å². The molecule has 16 heavy (non-hydrogen) atoms. The van der Waals surface area contributed by atoms with Crippen LogP contribution in [-0.4, -0.2) is 26.8 Å². The average molecular weight is 214 g/mol. The van der Waals surface area contributed by atoms with Gasteiger partial charge in [-0.3, -0.25) is 9.48 Å². The van der Waals surface area contributed by atoms with Gasteiger partial charge in [0, 0.05) is 5.56 Å². The maximum atomic E-state index is 11.7. The molecule has 1 aliphatic rings. The number of aliphatic hydroxyl groups excluding tert-OH is 1. The predicted molar refractivity (Wildman–Crippen MR) is 58.0 cm³/mol. The molecule has 1 atom stereocenters. The Balaban J connectivity index is 2.16. The number of aliphatic hydroxyl groups is 1. The molecule has 0 fully saturated rings. The molecular formula is C12H10N2O2. The minimum absolute atomic E-state index is 0.239. The molecule has 2 aromatic rings. The second-order valence-corrected chi connectivity index (χ2v) is 3.84. The summed E-state index contributed by atoms with van der Waals surface area (Å²) < 4.78 is 1.56. The van der Waals surface area contributed by atoms with Crippen molar-refractivity contribution in [1.82, 2.24) is 9.78 Å². The lowest BCUT2D eigenvalue weighted by atomic mass is 10.0. The summed E-state index contributed by atoms with van der Waals surface area (Å²) in [7, 11) is 0. The Kier molecular flexibility index (Phi) is 1.91. The number of fused-ring (bicyclic) bond motifs is 1. The Morgan fingerprint density at radius 3 is 2.81 bits per heavy atom. The highest BCUT2D eigenvalue weighted by Gasteiger charge is 2.32. The van der Waals surface area contributed by atoms with Crippen LogP contribution in [0.25, 0.3) is 11.1 Å². The van der Waals surface area contributed by atoms with Crippen LogP contribution < -0.4 is 0 Å². The molecule has 1 aliphatic heterocycles. The fourth-order valence-electron chi connectivity index (χ4n) is 2.02. The van der Waals surface area contributed by atoms with E-state index in [1.165, 1.54) is 0 Å². The van der Waals surface area contributed by atoms with Crippen molar-refractivity contribution >= 4 is 5.78 Å². The Labute approximate surface area is 92.1 Å². The quantitative estimate of drug-likeness (QED) is 0.773. The van der Waals surface area contributed by atoms with Crippen LogP contribution in [0.5, 0.6) is 0 Å². The van der Waals surface area contributed by atoms with Gasteiger partial charge in [0.1, 0.15) is 11.8 Å². The summed E-state index contributed by atoms with van der Waals surface area (Å²) in [5.74, 6) is -0.239. The summed E-state index contributed by atoms with van der Waals surface area (Å²) >= 11 is 0. The monoisotopic (exact) mass is 214 g/mol. The Hall–Kier alpha value is -1.94. The SMILES string of the molecule is O=C1c2c(-c3ccccc3)cnn2CC1O. The van der Waals surface area contributed by atoms with E-state index in [0.29, 0.717) is 5.69 Å². The molecule has 3 rings (SSSR count). The van der Waals surface area contributed by atoms with Crippen molar-refractivity contribution in [3.8, 4) is 11.1 Å². The number of nitrogens with zero attached hydrogens (tertiary/aromatic N) is 2. The molecular weight excluding hydrogens is 204 g/mol. The summed E-state index contributed by atoms with van der Waals surface area (Å²) in [5.41, 5.74) is 2.26. The summed E-state index contributed by atoms with van der Waals surface area (Å²) in [6.45, 7) is 0.265. The van der Waals surface area contributed by atoms with Crippen LogP contribution in [0.15, 0.2) is 36.5 Å². The minimum Gasteiger partial charge on any atom is -0.383 e. The van der Waals surface area contributed by atoms with Crippen LogP contribution >= 0.6 is 0 Å². The molecule has 1 unspecified atom stereocenters. The molecule has 2 heterocycles. The first-order valence-corrected chi connectivity index (χ1v) is 5.11. The Morgan fingerprint density at radius 1 is 1.31 bits per heavy atom. The maximum absolute atomic E-state index is 11.7. The highest BCUT2D eigenvalue weighted by molar-refractivity contribution is 6.04. The zero-order chi connectivity index (χ0) is 11.1. The van der Waals surface area contributed by atoms with Crippen molar-refractivity contribution in [2.24, 2.45) is 0 Å². The molecule has 1 N–H and O–H groups in total. The lowest BCUT2D eigenvalue weighted by Crippen LogP contribution is -2.15. The number of hydrogen-bond acceptors (Lipinski definition) is 3. The molecule has 1 aromatic heterocycles. The van der Waals surface area contributed by atoms with Crippen LogP contribution in [0.1, 0.15) is 10.5 Å². The van der Waals surface area contributed by atoms with Crippen molar-refractivity contribution in [3.63, 3.8) is 0 Å². The molecule has 4 heteroatoms. The van der Waals surface area contributed by atoms with E-state index in [-0.39, 0.29) is 12.3 Å². The lowest BCUT2D eigenvalue weighted by Gasteiger charge is -1.99. The van der Waals surface area contributed by atoms with Gasteiger partial charge < -0.3 is 5.11 Å². The third kappa shape index (κ3) is 1.20. The Morgan fingerprint density at radius 2 is 2.06 bits per heavy atom. The van der Waals surface area contributed by atoms with Crippen LogP contribution in [0.3, 0.4) is 0 Å². The zero-order valence-corrected chi connectivity index (χ0v) is 8.50. The molecule has 0 saturated heterocycles. The van der Waals surface area contributed by atoms with E-state index in [0.717, 1.165) is 11.1 Å². The van der Waals surface area contributed by atoms with Crippen molar-refractivity contribution in [2.45, 2.75) is 12.6 Å². The molecule has 1 aromatic carbocycles. The summed E-state index contributed by atoms with van der Waals surface area (Å²) in [4.78, 5) is 11.7. The Bertz CT molecular complexity index is 545. The number of Topliss-reactive ketones (excluding diaryl/α,β-unsaturated/α-hetero) is 1. The number of hydrogen-bond donors (Lipinski definition) is 1. The van der Waals surface area contributed by atoms with Crippen LogP contribution in [0.2, 0.25) is 0 Å². The number of aromatic nitrogens is 2. The topological polar surface area (TPSA) is 55.1 Å². The summed E-state index contributed by atoms with van der Waals surface area (Å²) in [6, 6.07) is 9.60. The number of carbonyl (C=O) groups excluding carboxylic acids is 1. The number of rotatable bonds is 1. The van der Waals surface area contributed by atoms with Gasteiger partial charge in [0.05, 0.1) is 12.7 Å². The molecule has 0 aliphatic carbocycles. The van der Waals surface area contributed by atoms with E-state index in [1.54, 1.807) is 10.9 Å².